The summed E-state index contributed by atoms with van der Waals surface area (Å²) in [7, 11) is 1.36. The number of fused-ring (bicyclic) bond motifs is 5. The van der Waals surface area contributed by atoms with Crippen molar-refractivity contribution in [2.45, 2.75) is 117 Å². The molecule has 11 atom stereocenters. The second-order valence-corrected chi connectivity index (χ2v) is 13.8. The second-order valence-electron chi connectivity index (χ2n) is 13.8. The van der Waals surface area contributed by atoms with Crippen LogP contribution in [0.5, 0.6) is 0 Å². The van der Waals surface area contributed by atoms with Crippen molar-refractivity contribution in [3.05, 3.63) is 0 Å². The van der Waals surface area contributed by atoms with Gasteiger partial charge in [0.25, 0.3) is 0 Å². The van der Waals surface area contributed by atoms with E-state index in [1.165, 1.54) is 32.8 Å². The highest BCUT2D eigenvalue weighted by Crippen LogP contribution is 2.68. The molecule has 0 saturated heterocycles. The summed E-state index contributed by atoms with van der Waals surface area (Å²) in [6.45, 7) is 11.1. The van der Waals surface area contributed by atoms with Crippen molar-refractivity contribution in [2.24, 2.45) is 52.3 Å². The first kappa shape index (κ1) is 27.9. The quantitative estimate of drug-likeness (QED) is 0.436. The third kappa shape index (κ3) is 4.86. The predicted octanol–water partition coefficient (Wildman–Crippen LogP) is 4.71. The van der Waals surface area contributed by atoms with Crippen LogP contribution in [0.25, 0.3) is 0 Å². The number of nitrogens with one attached hydrogen (secondary N) is 1. The number of carbonyl (C=O) groups excluding carboxylic acids is 2. The van der Waals surface area contributed by atoms with Gasteiger partial charge in [0.05, 0.1) is 19.3 Å². The maximum atomic E-state index is 12.7. The zero-order valence-electron chi connectivity index (χ0n) is 23.5. The average Bonchev–Trinajstić information content (AvgIpc) is 3.18. The molecule has 4 saturated carbocycles. The normalized spacial score (nSPS) is 43.6. The van der Waals surface area contributed by atoms with Gasteiger partial charge in [0.1, 0.15) is 6.04 Å². The zero-order valence-corrected chi connectivity index (χ0v) is 23.5. The lowest BCUT2D eigenvalue weighted by molar-refractivity contribution is -0.174. The SMILES string of the molecule is COC(=O)[C@@H](NC(=O)CC[C@@H](C)[C@H]1CC[C@H]2[C@@H]3[C@@H](O)C[C@@H]4C[C@H](O)CC[C@]4(C)[C@H]3CC[C@]12C)C(C)C. The molecule has 4 aliphatic carbocycles. The Labute approximate surface area is 218 Å². The van der Waals surface area contributed by atoms with E-state index in [1.54, 1.807) is 0 Å². The van der Waals surface area contributed by atoms with Crippen molar-refractivity contribution in [2.75, 3.05) is 7.11 Å². The first-order valence-electron chi connectivity index (χ1n) is 14.7. The Morgan fingerprint density at radius 2 is 1.64 bits per heavy atom. The van der Waals surface area contributed by atoms with Gasteiger partial charge in [0.2, 0.25) is 5.91 Å². The molecule has 0 heterocycles. The lowest BCUT2D eigenvalue weighted by atomic mass is 9.43. The van der Waals surface area contributed by atoms with Gasteiger partial charge in [-0.3, -0.25) is 4.79 Å². The number of hydrogen-bond donors (Lipinski definition) is 3. The predicted molar refractivity (Wildman–Crippen MR) is 140 cm³/mol. The fraction of sp³-hybridized carbons (Fsp3) is 0.933. The van der Waals surface area contributed by atoms with Crippen LogP contribution in [-0.2, 0) is 14.3 Å². The molecule has 3 N–H and O–H groups in total. The fourth-order valence-electron chi connectivity index (χ4n) is 9.61. The third-order valence-corrected chi connectivity index (χ3v) is 11.7. The number of aliphatic hydroxyl groups is 2. The topological polar surface area (TPSA) is 95.9 Å². The number of esters is 1. The van der Waals surface area contributed by atoms with Crippen molar-refractivity contribution in [1.29, 1.82) is 0 Å². The second kappa shape index (κ2) is 10.6. The molecule has 0 aromatic heterocycles. The Bertz CT molecular complexity index is 815. The van der Waals surface area contributed by atoms with Crippen LogP contribution in [0, 0.1) is 52.3 Å². The van der Waals surface area contributed by atoms with Gasteiger partial charge in [-0.1, -0.05) is 34.6 Å². The molecule has 36 heavy (non-hydrogen) atoms. The number of hydrogen-bond acceptors (Lipinski definition) is 5. The van der Waals surface area contributed by atoms with Gasteiger partial charge in [0, 0.05) is 6.42 Å². The molecule has 4 fully saturated rings. The molecule has 1 amide bonds. The highest BCUT2D eigenvalue weighted by atomic mass is 16.5. The van der Waals surface area contributed by atoms with E-state index in [-0.39, 0.29) is 40.8 Å². The Morgan fingerprint density at radius 1 is 0.972 bits per heavy atom. The van der Waals surface area contributed by atoms with Gasteiger partial charge in [-0.25, -0.2) is 4.79 Å². The first-order valence-corrected chi connectivity index (χ1v) is 14.7. The van der Waals surface area contributed by atoms with Crippen LogP contribution in [-0.4, -0.2) is 47.4 Å². The van der Waals surface area contributed by atoms with E-state index in [1.807, 2.05) is 13.8 Å². The first-order chi connectivity index (χ1) is 16.9. The van der Waals surface area contributed by atoms with E-state index in [0.717, 1.165) is 32.1 Å². The lowest BCUT2D eigenvalue weighted by Gasteiger charge is -2.62. The van der Waals surface area contributed by atoms with E-state index >= 15 is 0 Å². The Kier molecular flexibility index (Phi) is 8.17. The molecule has 0 aliphatic heterocycles. The highest BCUT2D eigenvalue weighted by molar-refractivity contribution is 5.84. The third-order valence-electron chi connectivity index (χ3n) is 11.7. The maximum absolute atomic E-state index is 12.7. The standard InChI is InChI=1S/C30H51NO5/c1-17(2)27(28(35)36-6)31-25(34)10-7-18(3)21-8-9-22-26-23(12-14-30(21,22)5)29(4)13-11-20(32)15-19(29)16-24(26)33/h17-24,26-27,32-33H,7-16H2,1-6H3,(H,31,34)/t18-,19+,20-,21-,22+,23+,24+,26+,27+,29+,30-/m1/s1. The molecule has 0 spiro atoms. The molecule has 0 aromatic rings. The van der Waals surface area contributed by atoms with Crippen LogP contribution in [0.3, 0.4) is 0 Å². The maximum Gasteiger partial charge on any atom is 0.328 e. The van der Waals surface area contributed by atoms with Gasteiger partial charge in [-0.05, 0) is 110 Å². The highest BCUT2D eigenvalue weighted by Gasteiger charge is 2.62. The van der Waals surface area contributed by atoms with Gasteiger partial charge in [0.15, 0.2) is 0 Å². The van der Waals surface area contributed by atoms with E-state index < -0.39 is 6.04 Å². The number of amides is 1. The van der Waals surface area contributed by atoms with Gasteiger partial charge >= 0.3 is 5.97 Å². The minimum atomic E-state index is -0.597. The summed E-state index contributed by atoms with van der Waals surface area (Å²) in [6.07, 6.45) is 9.23. The van der Waals surface area contributed by atoms with E-state index in [0.29, 0.717) is 41.9 Å². The molecule has 0 radical (unpaired) electrons. The van der Waals surface area contributed by atoms with Gasteiger partial charge in [-0.2, -0.15) is 0 Å². The number of rotatable bonds is 7. The van der Waals surface area contributed by atoms with Crippen LogP contribution < -0.4 is 5.32 Å². The monoisotopic (exact) mass is 505 g/mol. The summed E-state index contributed by atoms with van der Waals surface area (Å²) < 4.78 is 4.86. The van der Waals surface area contributed by atoms with Crippen LogP contribution in [0.15, 0.2) is 0 Å². The van der Waals surface area contributed by atoms with E-state index in [2.05, 4.69) is 26.1 Å². The zero-order chi connectivity index (χ0) is 26.4. The summed E-state index contributed by atoms with van der Waals surface area (Å²) in [5.41, 5.74) is 0.459. The summed E-state index contributed by atoms with van der Waals surface area (Å²) in [5.74, 6) is 2.42. The number of aliphatic hydroxyl groups excluding tert-OH is 2. The van der Waals surface area contributed by atoms with Crippen molar-refractivity contribution >= 4 is 11.9 Å². The number of ether oxygens (including phenoxy) is 1. The Balaban J connectivity index is 1.40. The van der Waals surface area contributed by atoms with Crippen molar-refractivity contribution in [3.8, 4) is 0 Å². The number of carbonyl (C=O) groups is 2. The Hall–Kier alpha value is -1.14. The minimum absolute atomic E-state index is 0.0145. The molecule has 0 aromatic carbocycles. The lowest BCUT2D eigenvalue weighted by Crippen LogP contribution is -2.58. The van der Waals surface area contributed by atoms with E-state index in [4.69, 9.17) is 4.74 Å². The molecule has 4 rings (SSSR count). The smallest absolute Gasteiger partial charge is 0.328 e. The van der Waals surface area contributed by atoms with Gasteiger partial charge in [-0.15, -0.1) is 0 Å². The summed E-state index contributed by atoms with van der Waals surface area (Å²) in [6, 6.07) is -0.597. The average molecular weight is 506 g/mol. The van der Waals surface area contributed by atoms with Crippen molar-refractivity contribution in [3.63, 3.8) is 0 Å². The molecule has 4 aliphatic rings. The van der Waals surface area contributed by atoms with Crippen LogP contribution in [0.2, 0.25) is 0 Å². The van der Waals surface area contributed by atoms with Crippen LogP contribution >= 0.6 is 0 Å². The molecular weight excluding hydrogens is 454 g/mol. The molecule has 6 heteroatoms. The largest absolute Gasteiger partial charge is 0.467 e. The molecule has 0 unspecified atom stereocenters. The molecule has 6 nitrogen and oxygen atoms in total. The van der Waals surface area contributed by atoms with Crippen LogP contribution in [0.4, 0.5) is 0 Å². The van der Waals surface area contributed by atoms with E-state index in [9.17, 15) is 19.8 Å². The number of methoxy groups -OCH3 is 1. The van der Waals surface area contributed by atoms with Crippen molar-refractivity contribution < 1.29 is 24.5 Å². The molecule has 206 valence electrons. The summed E-state index contributed by atoms with van der Waals surface area (Å²) in [4.78, 5) is 24.7. The minimum Gasteiger partial charge on any atom is -0.467 e. The molecular formula is C30H51NO5. The van der Waals surface area contributed by atoms with Gasteiger partial charge < -0.3 is 20.3 Å². The fourth-order valence-corrected chi connectivity index (χ4v) is 9.61. The molecule has 0 bridgehead atoms. The summed E-state index contributed by atoms with van der Waals surface area (Å²) >= 11 is 0. The Morgan fingerprint density at radius 3 is 2.31 bits per heavy atom. The van der Waals surface area contributed by atoms with Crippen molar-refractivity contribution in [1.82, 2.24) is 5.32 Å². The summed E-state index contributed by atoms with van der Waals surface area (Å²) in [5, 5.41) is 24.6. The van der Waals surface area contributed by atoms with Crippen LogP contribution in [0.1, 0.15) is 98.8 Å².